The standard InChI is InChI=1S/C10H12O5S.Na/c11-10(16(12,13)14)6-7-1-2-9-8(5-7)3-4-15-9;/h1-2,5,10-11H,3-4,6H2,(H,12,13,14);/q;+1/p-1. The van der Waals surface area contributed by atoms with Gasteiger partial charge in [-0.3, -0.25) is 0 Å². The molecule has 0 saturated heterocycles. The van der Waals surface area contributed by atoms with Crippen molar-refractivity contribution in [3.63, 3.8) is 0 Å². The van der Waals surface area contributed by atoms with Crippen molar-refractivity contribution >= 4 is 10.1 Å². The van der Waals surface area contributed by atoms with Gasteiger partial charge in [-0.1, -0.05) is 12.1 Å². The van der Waals surface area contributed by atoms with Crippen LogP contribution in [0.5, 0.6) is 5.75 Å². The molecule has 0 aliphatic carbocycles. The third-order valence-corrected chi connectivity index (χ3v) is 3.33. The Kier molecular flexibility index (Phi) is 5.00. The van der Waals surface area contributed by atoms with Crippen molar-refractivity contribution < 1.29 is 52.4 Å². The average molecular weight is 266 g/mol. The van der Waals surface area contributed by atoms with Crippen LogP contribution >= 0.6 is 0 Å². The summed E-state index contributed by atoms with van der Waals surface area (Å²) >= 11 is 0. The molecule has 0 aromatic heterocycles. The van der Waals surface area contributed by atoms with Crippen molar-refractivity contribution in [3.8, 4) is 5.75 Å². The molecule has 1 aliphatic heterocycles. The fourth-order valence-electron chi connectivity index (χ4n) is 1.67. The monoisotopic (exact) mass is 266 g/mol. The van der Waals surface area contributed by atoms with Crippen molar-refractivity contribution in [1.82, 2.24) is 0 Å². The molecule has 0 bridgehead atoms. The van der Waals surface area contributed by atoms with Crippen LogP contribution < -0.4 is 34.3 Å². The molecule has 1 aromatic rings. The van der Waals surface area contributed by atoms with Crippen LogP contribution in [0, 0.1) is 0 Å². The predicted octanol–water partition coefficient (Wildman–Crippen LogP) is -2.97. The summed E-state index contributed by atoms with van der Waals surface area (Å²) < 4.78 is 36.9. The quantitative estimate of drug-likeness (QED) is 0.466. The molecular weight excluding hydrogens is 255 g/mol. The van der Waals surface area contributed by atoms with Gasteiger partial charge in [0.05, 0.1) is 6.61 Å². The van der Waals surface area contributed by atoms with Crippen molar-refractivity contribution in [3.05, 3.63) is 29.3 Å². The summed E-state index contributed by atoms with van der Waals surface area (Å²) in [5.74, 6) is 0.781. The smallest absolute Gasteiger partial charge is 0.746 e. The first-order chi connectivity index (χ1) is 7.47. The maximum Gasteiger partial charge on any atom is 1.00 e. The Morgan fingerprint density at radius 2 is 2.18 bits per heavy atom. The van der Waals surface area contributed by atoms with Gasteiger partial charge < -0.3 is 14.4 Å². The van der Waals surface area contributed by atoms with E-state index in [1.165, 1.54) is 0 Å². The van der Waals surface area contributed by atoms with Crippen LogP contribution in [0.25, 0.3) is 0 Å². The third-order valence-electron chi connectivity index (χ3n) is 2.50. The maximum absolute atomic E-state index is 10.5. The molecule has 1 N–H and O–H groups in total. The molecule has 1 atom stereocenters. The number of hydrogen-bond acceptors (Lipinski definition) is 5. The van der Waals surface area contributed by atoms with Crippen LogP contribution in [0.1, 0.15) is 11.1 Å². The fraction of sp³-hybridized carbons (Fsp3) is 0.400. The van der Waals surface area contributed by atoms with Gasteiger partial charge in [-0.05, 0) is 17.2 Å². The Labute approximate surface area is 122 Å². The second-order valence-electron chi connectivity index (χ2n) is 3.69. The van der Waals surface area contributed by atoms with E-state index in [1.54, 1.807) is 18.2 Å². The maximum atomic E-state index is 10.5. The Morgan fingerprint density at radius 1 is 1.47 bits per heavy atom. The molecule has 0 spiro atoms. The van der Waals surface area contributed by atoms with Crippen molar-refractivity contribution in [2.24, 2.45) is 0 Å². The van der Waals surface area contributed by atoms with E-state index in [9.17, 15) is 13.0 Å². The Morgan fingerprint density at radius 3 is 2.82 bits per heavy atom. The minimum absolute atomic E-state index is 0. The van der Waals surface area contributed by atoms with Gasteiger partial charge in [0.2, 0.25) is 0 Å². The summed E-state index contributed by atoms with van der Waals surface area (Å²) in [6.07, 6.45) is 0.586. The van der Waals surface area contributed by atoms with Gasteiger partial charge in [-0.2, -0.15) is 0 Å². The van der Waals surface area contributed by atoms with Crippen LogP contribution in [-0.2, 0) is 23.0 Å². The van der Waals surface area contributed by atoms with Crippen LogP contribution in [0.2, 0.25) is 0 Å². The van der Waals surface area contributed by atoms with Gasteiger partial charge in [-0.15, -0.1) is 0 Å². The summed E-state index contributed by atoms with van der Waals surface area (Å²) in [6, 6.07) is 5.14. The van der Waals surface area contributed by atoms with E-state index in [1.807, 2.05) is 0 Å². The summed E-state index contributed by atoms with van der Waals surface area (Å²) in [5.41, 5.74) is -0.281. The van der Waals surface area contributed by atoms with Gasteiger partial charge in [0.15, 0.2) is 0 Å². The van der Waals surface area contributed by atoms with Crippen molar-refractivity contribution in [2.45, 2.75) is 18.3 Å². The van der Waals surface area contributed by atoms with E-state index in [4.69, 9.17) is 9.84 Å². The molecule has 17 heavy (non-hydrogen) atoms. The topological polar surface area (TPSA) is 86.7 Å². The third kappa shape index (κ3) is 3.67. The summed E-state index contributed by atoms with van der Waals surface area (Å²) in [6.45, 7) is 0.612. The van der Waals surface area contributed by atoms with Gasteiger partial charge in [-0.25, -0.2) is 8.42 Å². The van der Waals surface area contributed by atoms with Crippen LogP contribution in [-0.4, -0.2) is 30.1 Å². The molecule has 0 radical (unpaired) electrons. The zero-order chi connectivity index (χ0) is 11.8. The molecular formula is C10H11NaO5S. The van der Waals surface area contributed by atoms with Crippen LogP contribution in [0.3, 0.4) is 0 Å². The summed E-state index contributed by atoms with van der Waals surface area (Å²) in [7, 11) is -4.64. The van der Waals surface area contributed by atoms with E-state index < -0.39 is 15.6 Å². The van der Waals surface area contributed by atoms with Gasteiger partial charge in [0.25, 0.3) is 0 Å². The minimum atomic E-state index is -4.64. The van der Waals surface area contributed by atoms with Gasteiger partial charge >= 0.3 is 29.6 Å². The number of hydrogen-bond donors (Lipinski definition) is 1. The number of benzene rings is 1. The summed E-state index contributed by atoms with van der Waals surface area (Å²) in [5, 5.41) is 9.16. The molecule has 2 rings (SSSR count). The molecule has 1 aromatic carbocycles. The fourth-order valence-corrected chi connectivity index (χ4v) is 2.07. The minimum Gasteiger partial charge on any atom is -0.746 e. The second-order valence-corrected chi connectivity index (χ2v) is 5.22. The molecule has 1 unspecified atom stereocenters. The number of aliphatic hydroxyl groups is 1. The van der Waals surface area contributed by atoms with E-state index >= 15 is 0 Å². The van der Waals surface area contributed by atoms with Crippen LogP contribution in [0.4, 0.5) is 0 Å². The number of rotatable bonds is 3. The molecule has 88 valence electrons. The molecule has 5 nitrogen and oxygen atoms in total. The molecule has 7 heteroatoms. The van der Waals surface area contributed by atoms with E-state index in [2.05, 4.69) is 0 Å². The SMILES string of the molecule is O=S(=O)([O-])C(O)Cc1ccc2c(c1)CCO2.[Na+]. The largest absolute Gasteiger partial charge is 1.00 e. The number of ether oxygens (including phenoxy) is 1. The number of aliphatic hydroxyl groups excluding tert-OH is 1. The van der Waals surface area contributed by atoms with E-state index in [0.717, 1.165) is 17.7 Å². The normalized spacial score (nSPS) is 15.6. The Bertz CT molecular complexity index is 499. The zero-order valence-corrected chi connectivity index (χ0v) is 12.2. The molecule has 0 amide bonds. The summed E-state index contributed by atoms with van der Waals surface area (Å²) in [4.78, 5) is 0. The first kappa shape index (κ1) is 14.9. The van der Waals surface area contributed by atoms with Crippen molar-refractivity contribution in [2.75, 3.05) is 6.61 Å². The number of fused-ring (bicyclic) bond motifs is 1. The Balaban J connectivity index is 0.00000144. The van der Waals surface area contributed by atoms with E-state index in [0.29, 0.717) is 12.2 Å². The predicted molar refractivity (Wildman–Crippen MR) is 55.0 cm³/mol. The second kappa shape index (κ2) is 5.69. The van der Waals surface area contributed by atoms with Gasteiger partial charge in [0, 0.05) is 12.8 Å². The molecule has 1 aliphatic rings. The first-order valence-corrected chi connectivity index (χ1v) is 6.31. The van der Waals surface area contributed by atoms with Crippen LogP contribution in [0.15, 0.2) is 18.2 Å². The average Bonchev–Trinajstić information content (AvgIpc) is 2.63. The Hall–Kier alpha value is -0.110. The molecule has 1 heterocycles. The van der Waals surface area contributed by atoms with E-state index in [-0.39, 0.29) is 36.0 Å². The first-order valence-electron chi connectivity index (χ1n) is 4.84. The molecule has 0 fully saturated rings. The van der Waals surface area contributed by atoms with Crippen molar-refractivity contribution in [1.29, 1.82) is 0 Å². The molecule has 0 saturated carbocycles. The zero-order valence-electron chi connectivity index (χ0n) is 9.42. The van der Waals surface area contributed by atoms with Gasteiger partial charge in [0.1, 0.15) is 21.3 Å².